The van der Waals surface area contributed by atoms with E-state index in [4.69, 9.17) is 0 Å². The van der Waals surface area contributed by atoms with Crippen molar-refractivity contribution in [2.75, 3.05) is 7.05 Å². The molecular formula is C16H21BrFNO. The highest BCUT2D eigenvalue weighted by Gasteiger charge is 2.31. The maximum Gasteiger partial charge on any atom is 0.256 e. The summed E-state index contributed by atoms with van der Waals surface area (Å²) in [4.78, 5) is 14.2. The maximum absolute atomic E-state index is 14.0. The summed E-state index contributed by atoms with van der Waals surface area (Å²) in [7, 11) is 1.78. The highest BCUT2D eigenvalue weighted by Crippen LogP contribution is 2.37. The molecule has 20 heavy (non-hydrogen) atoms. The van der Waals surface area contributed by atoms with E-state index in [0.29, 0.717) is 9.89 Å². The second-order valence-electron chi connectivity index (χ2n) is 6.41. The van der Waals surface area contributed by atoms with Crippen LogP contribution >= 0.6 is 15.9 Å². The molecule has 110 valence electrons. The summed E-state index contributed by atoms with van der Waals surface area (Å²) in [6.45, 7) is 4.53. The van der Waals surface area contributed by atoms with Gasteiger partial charge in [0.05, 0.1) is 10.0 Å². The molecule has 0 atom stereocenters. The lowest BCUT2D eigenvalue weighted by atomic mass is 9.75. The van der Waals surface area contributed by atoms with Gasteiger partial charge in [0.15, 0.2) is 0 Å². The number of carbonyl (C=O) groups is 1. The molecule has 1 aromatic rings. The van der Waals surface area contributed by atoms with Gasteiger partial charge in [-0.2, -0.15) is 0 Å². The first-order valence-electron chi connectivity index (χ1n) is 7.03. The van der Waals surface area contributed by atoms with E-state index in [1.165, 1.54) is 0 Å². The monoisotopic (exact) mass is 341 g/mol. The Hall–Kier alpha value is -0.900. The number of benzene rings is 1. The molecule has 0 heterocycles. The molecule has 0 aromatic heterocycles. The molecule has 0 aliphatic heterocycles. The molecule has 4 heteroatoms. The highest BCUT2D eigenvalue weighted by atomic mass is 79.9. The van der Waals surface area contributed by atoms with Gasteiger partial charge in [-0.25, -0.2) is 4.39 Å². The van der Waals surface area contributed by atoms with Crippen LogP contribution < -0.4 is 0 Å². The van der Waals surface area contributed by atoms with E-state index >= 15 is 0 Å². The molecule has 1 aliphatic rings. The Morgan fingerprint density at radius 2 is 1.95 bits per heavy atom. The van der Waals surface area contributed by atoms with Crippen LogP contribution in [0.15, 0.2) is 22.7 Å². The second kappa shape index (κ2) is 5.84. The fourth-order valence-corrected chi connectivity index (χ4v) is 3.16. The van der Waals surface area contributed by atoms with Crippen LogP contribution in [0.3, 0.4) is 0 Å². The average Bonchev–Trinajstić information content (AvgIpc) is 2.40. The van der Waals surface area contributed by atoms with Gasteiger partial charge in [-0.15, -0.1) is 0 Å². The van der Waals surface area contributed by atoms with Crippen molar-refractivity contribution in [2.45, 2.75) is 45.6 Å². The molecule has 0 bridgehead atoms. The molecule has 0 N–H and O–H groups in total. The molecule has 1 aromatic carbocycles. The van der Waals surface area contributed by atoms with E-state index in [1.807, 2.05) is 0 Å². The lowest BCUT2D eigenvalue weighted by Crippen LogP contribution is -2.41. The molecule has 2 nitrogen and oxygen atoms in total. The van der Waals surface area contributed by atoms with E-state index in [0.717, 1.165) is 25.7 Å². The van der Waals surface area contributed by atoms with Gasteiger partial charge in [0.25, 0.3) is 5.91 Å². The molecule has 0 unspecified atom stereocenters. The van der Waals surface area contributed by atoms with Gasteiger partial charge in [0.2, 0.25) is 0 Å². The Morgan fingerprint density at radius 3 is 2.55 bits per heavy atom. The van der Waals surface area contributed by atoms with E-state index < -0.39 is 5.82 Å². The summed E-state index contributed by atoms with van der Waals surface area (Å²) < 4.78 is 14.3. The Morgan fingerprint density at radius 1 is 1.35 bits per heavy atom. The van der Waals surface area contributed by atoms with Crippen LogP contribution in [-0.4, -0.2) is 23.9 Å². The van der Waals surface area contributed by atoms with Crippen molar-refractivity contribution in [2.24, 2.45) is 5.41 Å². The molecule has 2 rings (SSSR count). The molecule has 0 radical (unpaired) electrons. The number of rotatable bonds is 2. The van der Waals surface area contributed by atoms with E-state index in [9.17, 15) is 9.18 Å². The molecule has 1 amide bonds. The first-order valence-corrected chi connectivity index (χ1v) is 7.82. The zero-order chi connectivity index (χ0) is 14.9. The van der Waals surface area contributed by atoms with Crippen molar-refractivity contribution >= 4 is 21.8 Å². The lowest BCUT2D eigenvalue weighted by Gasteiger charge is -2.38. The third kappa shape index (κ3) is 3.22. The predicted molar refractivity (Wildman–Crippen MR) is 82.2 cm³/mol. The molecular weight excluding hydrogens is 321 g/mol. The third-order valence-corrected chi connectivity index (χ3v) is 4.97. The fourth-order valence-electron chi connectivity index (χ4n) is 2.80. The zero-order valence-corrected chi connectivity index (χ0v) is 13.8. The van der Waals surface area contributed by atoms with Crippen molar-refractivity contribution in [1.82, 2.24) is 4.90 Å². The minimum absolute atomic E-state index is 0.145. The van der Waals surface area contributed by atoms with Gasteiger partial charge in [-0.05, 0) is 59.2 Å². The van der Waals surface area contributed by atoms with E-state index in [1.54, 1.807) is 30.1 Å². The van der Waals surface area contributed by atoms with Crippen molar-refractivity contribution in [1.29, 1.82) is 0 Å². The standard InChI is InChI=1S/C16H21BrFNO/c1-16(2)9-7-11(8-10-16)19(3)15(20)12-5-4-6-13(17)14(12)18/h4-6,11H,7-10H2,1-3H3. The van der Waals surface area contributed by atoms with Gasteiger partial charge >= 0.3 is 0 Å². The number of halogens is 2. The van der Waals surface area contributed by atoms with Crippen molar-refractivity contribution < 1.29 is 9.18 Å². The van der Waals surface area contributed by atoms with Crippen LogP contribution in [0, 0.1) is 11.2 Å². The average molecular weight is 342 g/mol. The number of hydrogen-bond donors (Lipinski definition) is 0. The number of carbonyl (C=O) groups excluding carboxylic acids is 1. The summed E-state index contributed by atoms with van der Waals surface area (Å²) >= 11 is 3.13. The van der Waals surface area contributed by atoms with Crippen LogP contribution in [0.5, 0.6) is 0 Å². The number of nitrogens with zero attached hydrogens (tertiary/aromatic N) is 1. The van der Waals surface area contributed by atoms with E-state index in [-0.39, 0.29) is 17.5 Å². The Kier molecular flexibility index (Phi) is 4.52. The number of hydrogen-bond acceptors (Lipinski definition) is 1. The van der Waals surface area contributed by atoms with Crippen LogP contribution in [0.2, 0.25) is 0 Å². The predicted octanol–water partition coefficient (Wildman–Crippen LogP) is 4.63. The first-order chi connectivity index (χ1) is 9.32. The van der Waals surface area contributed by atoms with Gasteiger partial charge in [0.1, 0.15) is 5.82 Å². The van der Waals surface area contributed by atoms with Crippen molar-refractivity contribution in [3.05, 3.63) is 34.1 Å². The minimum Gasteiger partial charge on any atom is -0.339 e. The van der Waals surface area contributed by atoms with Gasteiger partial charge < -0.3 is 4.90 Å². The van der Waals surface area contributed by atoms with Crippen molar-refractivity contribution in [3.63, 3.8) is 0 Å². The number of amides is 1. The summed E-state index contributed by atoms with van der Waals surface area (Å²) in [5.74, 6) is -0.700. The van der Waals surface area contributed by atoms with E-state index in [2.05, 4.69) is 29.8 Å². The summed E-state index contributed by atoms with van der Waals surface area (Å²) in [5, 5.41) is 0. The van der Waals surface area contributed by atoms with Crippen molar-refractivity contribution in [3.8, 4) is 0 Å². The summed E-state index contributed by atoms with van der Waals surface area (Å²) in [5.41, 5.74) is 0.508. The van der Waals surface area contributed by atoms with Gasteiger partial charge in [-0.3, -0.25) is 4.79 Å². The van der Waals surface area contributed by atoms with Gasteiger partial charge in [-0.1, -0.05) is 19.9 Å². The summed E-state index contributed by atoms with van der Waals surface area (Å²) in [6, 6.07) is 5.06. The first kappa shape index (κ1) is 15.5. The van der Waals surface area contributed by atoms with Crippen LogP contribution in [0.4, 0.5) is 4.39 Å². The Labute approximate surface area is 128 Å². The van der Waals surface area contributed by atoms with Crippen LogP contribution in [0.1, 0.15) is 49.9 Å². The minimum atomic E-state index is -0.472. The molecule has 0 saturated heterocycles. The molecule has 1 aliphatic carbocycles. The van der Waals surface area contributed by atoms with Gasteiger partial charge in [0, 0.05) is 13.1 Å². The van der Waals surface area contributed by atoms with Crippen LogP contribution in [-0.2, 0) is 0 Å². The Bertz CT molecular complexity index is 505. The highest BCUT2D eigenvalue weighted by molar-refractivity contribution is 9.10. The van der Waals surface area contributed by atoms with Crippen LogP contribution in [0.25, 0.3) is 0 Å². The smallest absolute Gasteiger partial charge is 0.256 e. The maximum atomic E-state index is 14.0. The zero-order valence-electron chi connectivity index (χ0n) is 12.2. The topological polar surface area (TPSA) is 20.3 Å². The summed E-state index contributed by atoms with van der Waals surface area (Å²) in [6.07, 6.45) is 4.20. The fraction of sp³-hybridized carbons (Fsp3) is 0.562. The molecule has 0 spiro atoms. The quantitative estimate of drug-likeness (QED) is 0.767. The second-order valence-corrected chi connectivity index (χ2v) is 7.27. The largest absolute Gasteiger partial charge is 0.339 e. The normalized spacial score (nSPS) is 18.9. The molecule has 1 saturated carbocycles. The Balaban J connectivity index is 2.11. The lowest BCUT2D eigenvalue weighted by molar-refractivity contribution is 0.0630. The SMILES string of the molecule is CN(C(=O)c1cccc(Br)c1F)C1CCC(C)(C)CC1. The molecule has 1 fully saturated rings. The third-order valence-electron chi connectivity index (χ3n) is 4.36.